The highest BCUT2D eigenvalue weighted by molar-refractivity contribution is 6.30. The molecule has 0 heterocycles. The molecule has 0 aliphatic carbocycles. The Kier molecular flexibility index (Phi) is 6.91. The summed E-state index contributed by atoms with van der Waals surface area (Å²) in [5.41, 5.74) is 2.20. The van der Waals surface area contributed by atoms with Crippen LogP contribution in [0.3, 0.4) is 0 Å². The molecule has 4 nitrogen and oxygen atoms in total. The second-order valence-electron chi connectivity index (χ2n) is 6.12. The molecule has 0 saturated carbocycles. The SMILES string of the molecule is N#C/C(=C\c1cccc(OCc2ccc(Cl)cc2)c1)C(=O)Nc1ccc(Cl)cc1. The Morgan fingerprint density at radius 3 is 2.31 bits per heavy atom. The molecule has 0 unspecified atom stereocenters. The van der Waals surface area contributed by atoms with Crippen molar-refractivity contribution in [1.29, 1.82) is 5.26 Å². The number of nitrogens with one attached hydrogen (secondary N) is 1. The third-order valence-corrected chi connectivity index (χ3v) is 4.46. The molecule has 3 aromatic rings. The minimum atomic E-state index is -0.498. The predicted molar refractivity (Wildman–Crippen MR) is 116 cm³/mol. The molecule has 0 fully saturated rings. The van der Waals surface area contributed by atoms with E-state index >= 15 is 0 Å². The van der Waals surface area contributed by atoms with E-state index in [0.717, 1.165) is 5.56 Å². The van der Waals surface area contributed by atoms with E-state index < -0.39 is 5.91 Å². The molecule has 0 aromatic heterocycles. The standard InChI is InChI=1S/C23H16Cl2N2O2/c24-19-6-4-16(5-7-19)15-29-22-3-1-2-17(13-22)12-18(14-26)23(28)27-21-10-8-20(25)9-11-21/h1-13H,15H2,(H,27,28)/b18-12+. The summed E-state index contributed by atoms with van der Waals surface area (Å²) in [6.07, 6.45) is 1.51. The lowest BCUT2D eigenvalue weighted by atomic mass is 10.1. The molecule has 1 amide bonds. The summed E-state index contributed by atoms with van der Waals surface area (Å²) in [5, 5.41) is 13.3. The van der Waals surface area contributed by atoms with Gasteiger partial charge in [0.1, 0.15) is 24.0 Å². The van der Waals surface area contributed by atoms with Crippen LogP contribution >= 0.6 is 23.2 Å². The Labute approximate surface area is 179 Å². The summed E-state index contributed by atoms with van der Waals surface area (Å²) in [5.74, 6) is 0.131. The van der Waals surface area contributed by atoms with Gasteiger partial charge in [-0.25, -0.2) is 0 Å². The molecule has 0 radical (unpaired) electrons. The second-order valence-corrected chi connectivity index (χ2v) is 6.99. The van der Waals surface area contributed by atoms with Gasteiger partial charge in [0.15, 0.2) is 0 Å². The van der Waals surface area contributed by atoms with Crippen molar-refractivity contribution in [3.63, 3.8) is 0 Å². The van der Waals surface area contributed by atoms with Crippen molar-refractivity contribution >= 4 is 40.9 Å². The van der Waals surface area contributed by atoms with Crippen LogP contribution < -0.4 is 10.1 Å². The van der Waals surface area contributed by atoms with E-state index in [9.17, 15) is 10.1 Å². The second kappa shape index (κ2) is 9.79. The number of benzene rings is 3. The quantitative estimate of drug-likeness (QED) is 0.384. The molecule has 0 aliphatic rings. The number of carbonyl (C=O) groups excluding carboxylic acids is 1. The lowest BCUT2D eigenvalue weighted by molar-refractivity contribution is -0.112. The number of hydrogen-bond acceptors (Lipinski definition) is 3. The van der Waals surface area contributed by atoms with Crippen molar-refractivity contribution in [2.45, 2.75) is 6.61 Å². The number of rotatable bonds is 6. The molecule has 6 heteroatoms. The fourth-order valence-electron chi connectivity index (χ4n) is 2.49. The summed E-state index contributed by atoms with van der Waals surface area (Å²) in [7, 11) is 0. The van der Waals surface area contributed by atoms with E-state index in [2.05, 4.69) is 5.32 Å². The van der Waals surface area contributed by atoms with Crippen molar-refractivity contribution in [2.24, 2.45) is 0 Å². The average Bonchev–Trinajstić information content (AvgIpc) is 2.73. The Balaban J connectivity index is 1.69. The lowest BCUT2D eigenvalue weighted by Crippen LogP contribution is -2.13. The fourth-order valence-corrected chi connectivity index (χ4v) is 2.74. The lowest BCUT2D eigenvalue weighted by Gasteiger charge is -2.08. The highest BCUT2D eigenvalue weighted by Gasteiger charge is 2.10. The maximum absolute atomic E-state index is 12.4. The maximum Gasteiger partial charge on any atom is 0.266 e. The van der Waals surface area contributed by atoms with Gasteiger partial charge in [0.05, 0.1) is 0 Å². The third-order valence-electron chi connectivity index (χ3n) is 3.96. The van der Waals surface area contributed by atoms with Gasteiger partial charge in [-0.3, -0.25) is 4.79 Å². The predicted octanol–water partition coefficient (Wildman–Crippen LogP) is 6.12. The number of ether oxygens (including phenoxy) is 1. The zero-order valence-corrected chi connectivity index (χ0v) is 16.7. The van der Waals surface area contributed by atoms with Crippen molar-refractivity contribution in [3.05, 3.63) is 99.5 Å². The highest BCUT2D eigenvalue weighted by atomic mass is 35.5. The van der Waals surface area contributed by atoms with E-state index in [1.54, 1.807) is 54.6 Å². The number of carbonyl (C=O) groups is 1. The van der Waals surface area contributed by atoms with Crippen LogP contribution in [-0.4, -0.2) is 5.91 Å². The first-order valence-electron chi connectivity index (χ1n) is 8.69. The average molecular weight is 423 g/mol. The van der Waals surface area contributed by atoms with Gasteiger partial charge in [0.25, 0.3) is 5.91 Å². The molecule has 0 bridgehead atoms. The van der Waals surface area contributed by atoms with Gasteiger partial charge in [-0.2, -0.15) is 5.26 Å². The zero-order chi connectivity index (χ0) is 20.6. The van der Waals surface area contributed by atoms with Gasteiger partial charge < -0.3 is 10.1 Å². The Hall–Kier alpha value is -3.26. The normalized spacial score (nSPS) is 10.9. The summed E-state index contributed by atoms with van der Waals surface area (Å²) in [6, 6.07) is 23.2. The van der Waals surface area contributed by atoms with Crippen LogP contribution in [0.15, 0.2) is 78.4 Å². The number of amides is 1. The molecular formula is C23H16Cl2N2O2. The number of halogens is 2. The number of hydrogen-bond donors (Lipinski definition) is 1. The van der Waals surface area contributed by atoms with Crippen LogP contribution in [0.25, 0.3) is 6.08 Å². The van der Waals surface area contributed by atoms with Gasteiger partial charge in [-0.1, -0.05) is 47.5 Å². The highest BCUT2D eigenvalue weighted by Crippen LogP contribution is 2.19. The molecule has 0 atom stereocenters. The third kappa shape index (κ3) is 6.11. The minimum Gasteiger partial charge on any atom is -0.489 e. The van der Waals surface area contributed by atoms with Crippen LogP contribution in [0, 0.1) is 11.3 Å². The van der Waals surface area contributed by atoms with Crippen molar-refractivity contribution in [2.75, 3.05) is 5.32 Å². The van der Waals surface area contributed by atoms with E-state index in [1.165, 1.54) is 6.08 Å². The molecule has 0 spiro atoms. The summed E-state index contributed by atoms with van der Waals surface area (Å²) in [6.45, 7) is 0.381. The summed E-state index contributed by atoms with van der Waals surface area (Å²) in [4.78, 5) is 12.4. The molecule has 0 saturated heterocycles. The van der Waals surface area contributed by atoms with Crippen molar-refractivity contribution in [3.8, 4) is 11.8 Å². The molecule has 29 heavy (non-hydrogen) atoms. The van der Waals surface area contributed by atoms with Gasteiger partial charge >= 0.3 is 0 Å². The van der Waals surface area contributed by atoms with Gasteiger partial charge in [0, 0.05) is 15.7 Å². The summed E-state index contributed by atoms with van der Waals surface area (Å²) >= 11 is 11.7. The van der Waals surface area contributed by atoms with Crippen LogP contribution in [0.1, 0.15) is 11.1 Å². The first-order chi connectivity index (χ1) is 14.0. The van der Waals surface area contributed by atoms with Gasteiger partial charge in [-0.15, -0.1) is 0 Å². The molecule has 3 aromatic carbocycles. The first kappa shape index (κ1) is 20.5. The molecule has 144 valence electrons. The number of anilines is 1. The van der Waals surface area contributed by atoms with E-state index in [-0.39, 0.29) is 5.57 Å². The van der Waals surface area contributed by atoms with Crippen LogP contribution in [-0.2, 0) is 11.4 Å². The van der Waals surface area contributed by atoms with Crippen molar-refractivity contribution in [1.82, 2.24) is 0 Å². The maximum atomic E-state index is 12.4. The molecule has 0 aliphatic heterocycles. The Morgan fingerprint density at radius 1 is 1.00 bits per heavy atom. The zero-order valence-electron chi connectivity index (χ0n) is 15.2. The van der Waals surface area contributed by atoms with Gasteiger partial charge in [0.2, 0.25) is 0 Å². The van der Waals surface area contributed by atoms with Crippen molar-refractivity contribution < 1.29 is 9.53 Å². The Bertz CT molecular complexity index is 1070. The van der Waals surface area contributed by atoms with Gasteiger partial charge in [-0.05, 0) is 65.7 Å². The molecule has 1 N–H and O–H groups in total. The molecule has 3 rings (SSSR count). The minimum absolute atomic E-state index is 0.0187. The molecular weight excluding hydrogens is 407 g/mol. The number of nitriles is 1. The summed E-state index contributed by atoms with van der Waals surface area (Å²) < 4.78 is 5.79. The van der Waals surface area contributed by atoms with Crippen LogP contribution in [0.4, 0.5) is 5.69 Å². The number of nitrogens with zero attached hydrogens (tertiary/aromatic N) is 1. The van der Waals surface area contributed by atoms with E-state index in [0.29, 0.717) is 33.7 Å². The van der Waals surface area contributed by atoms with Crippen LogP contribution in [0.5, 0.6) is 5.75 Å². The topological polar surface area (TPSA) is 62.1 Å². The fraction of sp³-hybridized carbons (Fsp3) is 0.0435. The van der Waals surface area contributed by atoms with E-state index in [1.807, 2.05) is 24.3 Å². The smallest absolute Gasteiger partial charge is 0.266 e. The first-order valence-corrected chi connectivity index (χ1v) is 9.45. The largest absolute Gasteiger partial charge is 0.489 e. The van der Waals surface area contributed by atoms with Crippen LogP contribution in [0.2, 0.25) is 10.0 Å². The Morgan fingerprint density at radius 2 is 1.66 bits per heavy atom. The van der Waals surface area contributed by atoms with E-state index in [4.69, 9.17) is 27.9 Å². The monoisotopic (exact) mass is 422 g/mol.